The number of carbonyl (C=O) groups is 2. The molecule has 0 saturated carbocycles. The van der Waals surface area contributed by atoms with E-state index in [0.717, 1.165) is 29.0 Å². The molecule has 5 nitrogen and oxygen atoms in total. The summed E-state index contributed by atoms with van der Waals surface area (Å²) in [6, 6.07) is 14.1. The standard InChI is InChI=1S/C19H14N2O3S/c22-17(13-7-3-4-8-14(13)18(23)24)21-19-20-16-12-6-2-1-5-11(12)9-10-15(16)25-19/h1-8H,9-10H2,(H,23,24)(H,20,21,22)/p-1. The van der Waals surface area contributed by atoms with Crippen LogP contribution in [0.15, 0.2) is 48.5 Å². The van der Waals surface area contributed by atoms with Crippen molar-refractivity contribution >= 4 is 28.3 Å². The summed E-state index contributed by atoms with van der Waals surface area (Å²) in [5.74, 6) is -1.88. The van der Waals surface area contributed by atoms with Crippen molar-refractivity contribution in [3.05, 3.63) is 70.1 Å². The average molecular weight is 349 g/mol. The SMILES string of the molecule is O=C([O-])c1ccccc1C(=O)Nc1nc2c(s1)CCc1ccccc1-2. The van der Waals surface area contributed by atoms with Crippen molar-refractivity contribution in [2.24, 2.45) is 0 Å². The van der Waals surface area contributed by atoms with Gasteiger partial charge in [0.05, 0.1) is 11.7 Å². The van der Waals surface area contributed by atoms with Crippen LogP contribution in [0.2, 0.25) is 0 Å². The van der Waals surface area contributed by atoms with Gasteiger partial charge in [-0.3, -0.25) is 10.1 Å². The molecule has 1 heterocycles. The Kier molecular flexibility index (Phi) is 3.82. The molecule has 3 aromatic rings. The molecule has 0 bridgehead atoms. The Morgan fingerprint density at radius 1 is 1.00 bits per heavy atom. The van der Waals surface area contributed by atoms with Crippen LogP contribution in [0.3, 0.4) is 0 Å². The van der Waals surface area contributed by atoms with Gasteiger partial charge in [0.1, 0.15) is 0 Å². The Labute approximate surface area is 148 Å². The number of nitrogens with one attached hydrogen (secondary N) is 1. The van der Waals surface area contributed by atoms with Crippen LogP contribution in [0.1, 0.15) is 31.2 Å². The molecule has 1 aliphatic carbocycles. The van der Waals surface area contributed by atoms with Gasteiger partial charge in [-0.05, 0) is 24.5 Å². The number of aromatic carboxylic acids is 1. The molecule has 0 spiro atoms. The van der Waals surface area contributed by atoms with Crippen molar-refractivity contribution in [3.8, 4) is 11.3 Å². The predicted octanol–water partition coefficient (Wildman–Crippen LogP) is 2.52. The van der Waals surface area contributed by atoms with Crippen LogP contribution in [-0.2, 0) is 12.8 Å². The van der Waals surface area contributed by atoms with Gasteiger partial charge in [0.15, 0.2) is 5.13 Å². The summed E-state index contributed by atoms with van der Waals surface area (Å²) in [6.07, 6.45) is 1.84. The lowest BCUT2D eigenvalue weighted by molar-refractivity contribution is -0.255. The first-order valence-corrected chi connectivity index (χ1v) is 8.65. The van der Waals surface area contributed by atoms with E-state index in [9.17, 15) is 14.7 Å². The first-order chi connectivity index (χ1) is 12.1. The molecule has 2 aromatic carbocycles. The molecule has 0 atom stereocenters. The quantitative estimate of drug-likeness (QED) is 0.788. The molecular weight excluding hydrogens is 336 g/mol. The van der Waals surface area contributed by atoms with E-state index in [2.05, 4.69) is 16.4 Å². The number of aryl methyl sites for hydroxylation is 2. The van der Waals surface area contributed by atoms with Crippen molar-refractivity contribution in [1.29, 1.82) is 0 Å². The van der Waals surface area contributed by atoms with Crippen LogP contribution < -0.4 is 10.4 Å². The highest BCUT2D eigenvalue weighted by molar-refractivity contribution is 7.16. The Morgan fingerprint density at radius 2 is 1.72 bits per heavy atom. The predicted molar refractivity (Wildman–Crippen MR) is 93.7 cm³/mol. The van der Waals surface area contributed by atoms with E-state index in [1.165, 1.54) is 29.0 Å². The largest absolute Gasteiger partial charge is 0.545 e. The molecule has 0 fully saturated rings. The lowest BCUT2D eigenvalue weighted by atomic mass is 9.94. The maximum Gasteiger partial charge on any atom is 0.258 e. The van der Waals surface area contributed by atoms with Gasteiger partial charge in [0.25, 0.3) is 5.91 Å². The number of hydrogen-bond donors (Lipinski definition) is 1. The highest BCUT2D eigenvalue weighted by atomic mass is 32.1. The third-order valence-electron chi connectivity index (χ3n) is 4.20. The van der Waals surface area contributed by atoms with E-state index in [0.29, 0.717) is 5.13 Å². The maximum absolute atomic E-state index is 12.5. The number of hydrogen-bond acceptors (Lipinski definition) is 5. The van der Waals surface area contributed by atoms with Crippen molar-refractivity contribution in [2.75, 3.05) is 5.32 Å². The number of aromatic nitrogens is 1. The van der Waals surface area contributed by atoms with Gasteiger partial charge >= 0.3 is 0 Å². The van der Waals surface area contributed by atoms with Gasteiger partial charge in [-0.1, -0.05) is 42.5 Å². The molecule has 1 aliphatic rings. The second-order valence-corrected chi connectivity index (χ2v) is 6.82. The van der Waals surface area contributed by atoms with Crippen LogP contribution in [0, 0.1) is 0 Å². The Bertz CT molecular complexity index is 994. The number of benzene rings is 2. The van der Waals surface area contributed by atoms with Crippen molar-refractivity contribution in [2.45, 2.75) is 12.8 Å². The number of thiazole rings is 1. The number of carboxylic acids is 1. The minimum absolute atomic E-state index is 0.0658. The summed E-state index contributed by atoms with van der Waals surface area (Å²) >= 11 is 1.43. The van der Waals surface area contributed by atoms with E-state index in [1.807, 2.05) is 18.2 Å². The zero-order valence-corrected chi connectivity index (χ0v) is 13.9. The molecule has 1 aromatic heterocycles. The Morgan fingerprint density at radius 3 is 2.52 bits per heavy atom. The summed E-state index contributed by atoms with van der Waals surface area (Å²) in [7, 11) is 0. The lowest BCUT2D eigenvalue weighted by Crippen LogP contribution is -2.26. The Hall–Kier alpha value is -2.99. The number of fused-ring (bicyclic) bond motifs is 3. The number of nitrogens with zero attached hydrogens (tertiary/aromatic N) is 1. The molecular formula is C19H13N2O3S-. The van der Waals surface area contributed by atoms with Crippen molar-refractivity contribution < 1.29 is 14.7 Å². The van der Waals surface area contributed by atoms with Crippen molar-refractivity contribution in [1.82, 2.24) is 4.98 Å². The van der Waals surface area contributed by atoms with E-state index in [-0.39, 0.29) is 11.1 Å². The zero-order valence-electron chi connectivity index (χ0n) is 13.1. The molecule has 0 saturated heterocycles. The molecule has 1 amide bonds. The van der Waals surface area contributed by atoms with Crippen LogP contribution >= 0.6 is 11.3 Å². The number of carboxylic acid groups (broad SMARTS) is 1. The fourth-order valence-corrected chi connectivity index (χ4v) is 4.00. The molecule has 0 unspecified atom stereocenters. The highest BCUT2D eigenvalue weighted by Crippen LogP contribution is 2.38. The van der Waals surface area contributed by atoms with Crippen LogP contribution in [-0.4, -0.2) is 16.9 Å². The van der Waals surface area contributed by atoms with Crippen LogP contribution in [0.4, 0.5) is 5.13 Å². The van der Waals surface area contributed by atoms with Gasteiger partial charge in [0.2, 0.25) is 0 Å². The van der Waals surface area contributed by atoms with Gasteiger partial charge in [-0.25, -0.2) is 4.98 Å². The normalized spacial score (nSPS) is 12.2. The number of amides is 1. The summed E-state index contributed by atoms with van der Waals surface area (Å²) in [4.78, 5) is 29.3. The molecule has 0 radical (unpaired) electrons. The molecule has 0 aliphatic heterocycles. The van der Waals surface area contributed by atoms with Crippen LogP contribution in [0.25, 0.3) is 11.3 Å². The fourth-order valence-electron chi connectivity index (χ4n) is 3.03. The number of rotatable bonds is 3. The minimum Gasteiger partial charge on any atom is -0.545 e. The van der Waals surface area contributed by atoms with Crippen molar-refractivity contribution in [3.63, 3.8) is 0 Å². The molecule has 25 heavy (non-hydrogen) atoms. The smallest absolute Gasteiger partial charge is 0.258 e. The topological polar surface area (TPSA) is 82.1 Å². The van der Waals surface area contributed by atoms with Gasteiger partial charge in [0, 0.05) is 21.6 Å². The monoisotopic (exact) mass is 349 g/mol. The first-order valence-electron chi connectivity index (χ1n) is 7.83. The summed E-state index contributed by atoms with van der Waals surface area (Å²) < 4.78 is 0. The second kappa shape index (κ2) is 6.14. The third kappa shape index (κ3) is 2.81. The number of anilines is 1. The molecule has 1 N–H and O–H groups in total. The van der Waals surface area contributed by atoms with E-state index < -0.39 is 11.9 Å². The lowest BCUT2D eigenvalue weighted by Gasteiger charge is -2.13. The van der Waals surface area contributed by atoms with Gasteiger partial charge in [-0.15, -0.1) is 11.3 Å². The molecule has 124 valence electrons. The van der Waals surface area contributed by atoms with E-state index in [4.69, 9.17) is 0 Å². The minimum atomic E-state index is -1.38. The number of carbonyl (C=O) groups excluding carboxylic acids is 2. The van der Waals surface area contributed by atoms with Crippen LogP contribution in [0.5, 0.6) is 0 Å². The fraction of sp³-hybridized carbons (Fsp3) is 0.105. The molecule has 4 rings (SSSR count). The second-order valence-electron chi connectivity index (χ2n) is 5.74. The van der Waals surface area contributed by atoms with Gasteiger partial charge < -0.3 is 9.90 Å². The van der Waals surface area contributed by atoms with E-state index in [1.54, 1.807) is 12.1 Å². The summed E-state index contributed by atoms with van der Waals surface area (Å²) in [6.45, 7) is 0. The average Bonchev–Trinajstić information content (AvgIpc) is 3.04. The third-order valence-corrected chi connectivity index (χ3v) is 5.23. The highest BCUT2D eigenvalue weighted by Gasteiger charge is 2.21. The first kappa shape index (κ1) is 15.5. The maximum atomic E-state index is 12.5. The zero-order chi connectivity index (χ0) is 17.4. The Balaban J connectivity index is 1.65. The summed E-state index contributed by atoms with van der Waals surface area (Å²) in [5.41, 5.74) is 3.18. The van der Waals surface area contributed by atoms with Gasteiger partial charge in [-0.2, -0.15) is 0 Å². The van der Waals surface area contributed by atoms with E-state index >= 15 is 0 Å². The molecule has 6 heteroatoms. The summed E-state index contributed by atoms with van der Waals surface area (Å²) in [5, 5.41) is 14.4.